The van der Waals surface area contributed by atoms with Crippen molar-refractivity contribution < 1.29 is 19.0 Å². The van der Waals surface area contributed by atoms with E-state index in [-0.39, 0.29) is 18.2 Å². The predicted molar refractivity (Wildman–Crippen MR) is 160 cm³/mol. The fourth-order valence-corrected chi connectivity index (χ4v) is 6.94. The SMILES string of the molecule is Nc1ncccc1CN1CCOc2c(Cl)c(-c3cccc(CO)c3)cc3nc(OC[C@@]45CCCN4C[C@H](F)C5)nc1c23. The van der Waals surface area contributed by atoms with E-state index in [2.05, 4.69) is 14.8 Å². The molecule has 0 bridgehead atoms. The number of hydrogen-bond donors (Lipinski definition) is 2. The maximum Gasteiger partial charge on any atom is 0.319 e. The summed E-state index contributed by atoms with van der Waals surface area (Å²) in [6.07, 6.45) is 3.18. The Labute approximate surface area is 248 Å². The van der Waals surface area contributed by atoms with E-state index in [0.717, 1.165) is 41.6 Å². The number of nitrogen functional groups attached to an aromatic ring is 1. The van der Waals surface area contributed by atoms with Crippen molar-refractivity contribution >= 4 is 34.1 Å². The van der Waals surface area contributed by atoms with Crippen LogP contribution in [0.5, 0.6) is 11.8 Å². The molecule has 2 fully saturated rings. The molecule has 218 valence electrons. The lowest BCUT2D eigenvalue weighted by Gasteiger charge is -2.31. The Morgan fingerprint density at radius 1 is 1.19 bits per heavy atom. The van der Waals surface area contributed by atoms with Crippen LogP contribution in [0.2, 0.25) is 5.02 Å². The molecule has 0 unspecified atom stereocenters. The van der Waals surface area contributed by atoms with E-state index in [1.807, 2.05) is 42.5 Å². The standard InChI is InChI=1S/C31H32ClFN6O3/c32-26-23(20-5-1-4-19(12-20)17-40)13-24-25-27(26)41-11-10-38(15-21-6-2-8-35-28(21)34)29(25)37-30(36-24)42-18-31-7-3-9-39(31)16-22(33)14-31/h1-2,4-6,8,12-13,22,40H,3,7,9-11,14-18H2,(H2,34,35)/t22-,31+/m1/s1. The number of aliphatic hydroxyl groups is 1. The van der Waals surface area contributed by atoms with E-state index in [9.17, 15) is 9.50 Å². The van der Waals surface area contributed by atoms with Crippen LogP contribution in [0.1, 0.15) is 30.4 Å². The molecule has 7 rings (SSSR count). The summed E-state index contributed by atoms with van der Waals surface area (Å²) in [5.74, 6) is 1.57. The molecule has 11 heteroatoms. The fourth-order valence-electron chi connectivity index (χ4n) is 6.63. The van der Waals surface area contributed by atoms with Gasteiger partial charge in [-0.25, -0.2) is 9.37 Å². The molecule has 0 aliphatic carbocycles. The van der Waals surface area contributed by atoms with Crippen LogP contribution in [-0.4, -0.2) is 69.5 Å². The number of nitrogens with zero attached hydrogens (tertiary/aromatic N) is 5. The zero-order valence-corrected chi connectivity index (χ0v) is 23.9. The smallest absolute Gasteiger partial charge is 0.319 e. The molecule has 3 aliphatic heterocycles. The van der Waals surface area contributed by atoms with Gasteiger partial charge in [0.25, 0.3) is 0 Å². The summed E-state index contributed by atoms with van der Waals surface area (Å²) in [4.78, 5) is 18.3. The highest BCUT2D eigenvalue weighted by Crippen LogP contribution is 2.46. The minimum atomic E-state index is -0.851. The first-order valence-electron chi connectivity index (χ1n) is 14.3. The second-order valence-electron chi connectivity index (χ2n) is 11.3. The number of hydrogen-bond acceptors (Lipinski definition) is 9. The summed E-state index contributed by atoms with van der Waals surface area (Å²) >= 11 is 7.03. The van der Waals surface area contributed by atoms with Gasteiger partial charge in [-0.15, -0.1) is 0 Å². The Balaban J connectivity index is 1.35. The number of halogens is 2. The number of fused-ring (bicyclic) bond motifs is 1. The fraction of sp³-hybridized carbons (Fsp3) is 0.387. The topological polar surface area (TPSA) is 110 Å². The molecule has 2 atom stereocenters. The Morgan fingerprint density at radius 2 is 2.10 bits per heavy atom. The molecule has 0 saturated carbocycles. The zero-order chi connectivity index (χ0) is 28.8. The summed E-state index contributed by atoms with van der Waals surface area (Å²) in [6, 6.07) is 13.5. The summed E-state index contributed by atoms with van der Waals surface area (Å²) in [7, 11) is 0. The predicted octanol–water partition coefficient (Wildman–Crippen LogP) is 4.77. The molecule has 9 nitrogen and oxygen atoms in total. The number of benzene rings is 2. The van der Waals surface area contributed by atoms with Gasteiger partial charge in [0, 0.05) is 36.8 Å². The molecular weight excluding hydrogens is 559 g/mol. The van der Waals surface area contributed by atoms with Crippen LogP contribution < -0.4 is 20.1 Å². The molecule has 0 amide bonds. The van der Waals surface area contributed by atoms with Crippen LogP contribution in [0.25, 0.3) is 22.0 Å². The maximum absolute atomic E-state index is 14.4. The Hall–Kier alpha value is -3.73. The van der Waals surface area contributed by atoms with E-state index in [0.29, 0.717) is 72.6 Å². The average Bonchev–Trinajstić information content (AvgIpc) is 3.45. The summed E-state index contributed by atoms with van der Waals surface area (Å²) < 4.78 is 27.0. The number of rotatable bonds is 7. The van der Waals surface area contributed by atoms with E-state index in [1.54, 1.807) is 6.20 Å². The molecule has 42 heavy (non-hydrogen) atoms. The minimum absolute atomic E-state index is 0.0857. The highest BCUT2D eigenvalue weighted by Gasteiger charge is 2.49. The molecule has 4 aromatic rings. The largest absolute Gasteiger partial charge is 0.489 e. The van der Waals surface area contributed by atoms with Gasteiger partial charge in [-0.1, -0.05) is 35.9 Å². The molecule has 2 aromatic heterocycles. The second kappa shape index (κ2) is 10.8. The summed E-state index contributed by atoms with van der Waals surface area (Å²) in [6.45, 7) is 2.88. The normalized spacial score (nSPS) is 21.8. The Kier molecular flexibility index (Phi) is 7.00. The van der Waals surface area contributed by atoms with Crippen LogP contribution in [0.4, 0.5) is 16.0 Å². The average molecular weight is 591 g/mol. The van der Waals surface area contributed by atoms with Crippen molar-refractivity contribution in [1.29, 1.82) is 0 Å². The van der Waals surface area contributed by atoms with Crippen molar-refractivity contribution in [3.05, 3.63) is 64.8 Å². The molecule has 2 saturated heterocycles. The highest BCUT2D eigenvalue weighted by molar-refractivity contribution is 6.36. The van der Waals surface area contributed by atoms with Gasteiger partial charge in [0.2, 0.25) is 0 Å². The van der Waals surface area contributed by atoms with Crippen LogP contribution in [0.15, 0.2) is 48.7 Å². The first-order chi connectivity index (χ1) is 20.4. The number of aliphatic hydroxyl groups excluding tert-OH is 1. The van der Waals surface area contributed by atoms with Crippen molar-refractivity contribution in [2.45, 2.75) is 44.1 Å². The van der Waals surface area contributed by atoms with Gasteiger partial charge in [-0.3, -0.25) is 4.90 Å². The van der Waals surface area contributed by atoms with Crippen molar-refractivity contribution in [3.63, 3.8) is 0 Å². The number of pyridine rings is 1. The quantitative estimate of drug-likeness (QED) is 0.314. The molecule has 3 aliphatic rings. The van der Waals surface area contributed by atoms with E-state index in [4.69, 9.17) is 36.8 Å². The van der Waals surface area contributed by atoms with Crippen LogP contribution in [-0.2, 0) is 13.2 Å². The van der Waals surface area contributed by atoms with Gasteiger partial charge in [0.1, 0.15) is 31.0 Å². The monoisotopic (exact) mass is 590 g/mol. The first kappa shape index (κ1) is 27.1. The van der Waals surface area contributed by atoms with Gasteiger partial charge in [-0.05, 0) is 48.7 Å². The van der Waals surface area contributed by atoms with Gasteiger partial charge >= 0.3 is 6.01 Å². The maximum atomic E-state index is 14.4. The Morgan fingerprint density at radius 3 is 2.95 bits per heavy atom. The van der Waals surface area contributed by atoms with Gasteiger partial charge in [0.15, 0.2) is 5.75 Å². The van der Waals surface area contributed by atoms with Crippen molar-refractivity contribution in [2.75, 3.05) is 43.5 Å². The molecule has 5 heterocycles. The van der Waals surface area contributed by atoms with E-state index in [1.165, 1.54) is 0 Å². The summed E-state index contributed by atoms with van der Waals surface area (Å²) in [5.41, 5.74) is 9.68. The van der Waals surface area contributed by atoms with Gasteiger partial charge in [0.05, 0.1) is 34.6 Å². The lowest BCUT2D eigenvalue weighted by atomic mass is 9.95. The van der Waals surface area contributed by atoms with Gasteiger partial charge in [-0.2, -0.15) is 9.97 Å². The third-order valence-corrected chi connectivity index (χ3v) is 9.06. The molecule has 0 radical (unpaired) electrons. The third-order valence-electron chi connectivity index (χ3n) is 8.69. The minimum Gasteiger partial charge on any atom is -0.489 e. The van der Waals surface area contributed by atoms with Crippen molar-refractivity contribution in [1.82, 2.24) is 19.9 Å². The number of aromatic nitrogens is 3. The molecule has 3 N–H and O–H groups in total. The molecular formula is C31H32ClFN6O3. The summed E-state index contributed by atoms with van der Waals surface area (Å²) in [5, 5.41) is 10.9. The van der Waals surface area contributed by atoms with E-state index >= 15 is 0 Å². The van der Waals surface area contributed by atoms with Crippen LogP contribution >= 0.6 is 11.6 Å². The van der Waals surface area contributed by atoms with Crippen molar-refractivity contribution in [2.24, 2.45) is 0 Å². The van der Waals surface area contributed by atoms with Crippen LogP contribution in [0, 0.1) is 0 Å². The zero-order valence-electron chi connectivity index (χ0n) is 23.1. The molecule has 2 aromatic carbocycles. The Bertz CT molecular complexity index is 1660. The van der Waals surface area contributed by atoms with Gasteiger partial charge < -0.3 is 25.2 Å². The number of alkyl halides is 1. The highest BCUT2D eigenvalue weighted by atomic mass is 35.5. The second-order valence-corrected chi connectivity index (χ2v) is 11.7. The number of ether oxygens (including phenoxy) is 2. The lowest BCUT2D eigenvalue weighted by Crippen LogP contribution is -2.43. The van der Waals surface area contributed by atoms with Crippen LogP contribution in [0.3, 0.4) is 0 Å². The first-order valence-corrected chi connectivity index (χ1v) is 14.7. The molecule has 0 spiro atoms. The lowest BCUT2D eigenvalue weighted by molar-refractivity contribution is 0.107. The number of anilines is 2. The third kappa shape index (κ3) is 4.77. The number of nitrogens with two attached hydrogens (primary N) is 1. The van der Waals surface area contributed by atoms with Crippen molar-refractivity contribution in [3.8, 4) is 22.9 Å². The van der Waals surface area contributed by atoms with E-state index < -0.39 is 6.17 Å².